The number of hydrogen-bond donors (Lipinski definition) is 2. The van der Waals surface area contributed by atoms with Crippen molar-refractivity contribution in [2.24, 2.45) is 5.92 Å². The van der Waals surface area contributed by atoms with Crippen LogP contribution in [0.2, 0.25) is 0 Å². The first kappa shape index (κ1) is 10.4. The van der Waals surface area contributed by atoms with E-state index in [1.807, 2.05) is 0 Å². The summed E-state index contributed by atoms with van der Waals surface area (Å²) >= 11 is 5.35. The molecule has 0 bridgehead atoms. The van der Waals surface area contributed by atoms with Gasteiger partial charge in [0.05, 0.1) is 6.61 Å². The molecule has 4 nitrogen and oxygen atoms in total. The zero-order valence-corrected chi connectivity index (χ0v) is 7.18. The topological polar surface area (TPSA) is 66.8 Å². The van der Waals surface area contributed by atoms with Crippen LogP contribution in [0.15, 0.2) is 0 Å². The minimum atomic E-state index is -4.29. The number of halogens is 1. The molecule has 1 unspecified atom stereocenters. The maximum atomic E-state index is 10.1. The molecular formula is C4H10ClO4P. The lowest BCUT2D eigenvalue weighted by molar-refractivity contribution is 0.178. The molecule has 0 rings (SSSR count). The van der Waals surface area contributed by atoms with Gasteiger partial charge >= 0.3 is 7.82 Å². The van der Waals surface area contributed by atoms with E-state index in [4.69, 9.17) is 21.4 Å². The number of phosphoric ester groups is 1. The lowest BCUT2D eigenvalue weighted by Gasteiger charge is -2.08. The van der Waals surface area contributed by atoms with Crippen LogP contribution in [-0.2, 0) is 9.09 Å². The lowest BCUT2D eigenvalue weighted by Crippen LogP contribution is -2.05. The molecule has 0 aromatic carbocycles. The van der Waals surface area contributed by atoms with Gasteiger partial charge in [-0.3, -0.25) is 4.52 Å². The number of phosphoric acid groups is 1. The quantitative estimate of drug-likeness (QED) is 0.510. The van der Waals surface area contributed by atoms with Crippen LogP contribution in [0.25, 0.3) is 0 Å². The van der Waals surface area contributed by atoms with Gasteiger partial charge in [-0.2, -0.15) is 0 Å². The van der Waals surface area contributed by atoms with Crippen LogP contribution < -0.4 is 0 Å². The van der Waals surface area contributed by atoms with Crippen LogP contribution >= 0.6 is 19.4 Å². The van der Waals surface area contributed by atoms with E-state index < -0.39 is 7.82 Å². The Hall–Kier alpha value is 0.400. The third-order valence-corrected chi connectivity index (χ3v) is 1.80. The Balaban J connectivity index is 3.46. The van der Waals surface area contributed by atoms with Crippen LogP contribution in [0.1, 0.15) is 6.92 Å². The highest BCUT2D eigenvalue weighted by Crippen LogP contribution is 2.36. The summed E-state index contributed by atoms with van der Waals surface area (Å²) in [6, 6.07) is 0. The predicted molar refractivity (Wildman–Crippen MR) is 37.9 cm³/mol. The molecule has 0 aliphatic rings. The highest BCUT2D eigenvalue weighted by atomic mass is 35.5. The monoisotopic (exact) mass is 188 g/mol. The molecule has 2 N–H and O–H groups in total. The largest absolute Gasteiger partial charge is 0.469 e. The molecule has 0 aromatic heterocycles. The lowest BCUT2D eigenvalue weighted by atomic mass is 10.2. The van der Waals surface area contributed by atoms with Gasteiger partial charge in [0.25, 0.3) is 0 Å². The number of hydrogen-bond acceptors (Lipinski definition) is 2. The number of alkyl halides is 1. The molecule has 0 aliphatic heterocycles. The third-order valence-electron chi connectivity index (χ3n) is 0.791. The van der Waals surface area contributed by atoms with Crippen LogP contribution in [-0.4, -0.2) is 22.3 Å². The van der Waals surface area contributed by atoms with Crippen molar-refractivity contribution in [3.63, 3.8) is 0 Å². The molecule has 0 aliphatic carbocycles. The first-order valence-electron chi connectivity index (χ1n) is 2.71. The van der Waals surface area contributed by atoms with E-state index in [-0.39, 0.29) is 12.5 Å². The fourth-order valence-electron chi connectivity index (χ4n) is 0.269. The molecule has 10 heavy (non-hydrogen) atoms. The Morgan fingerprint density at radius 2 is 2.20 bits per heavy atom. The Labute approximate surface area is 64.4 Å². The van der Waals surface area contributed by atoms with Crippen LogP contribution in [0, 0.1) is 5.92 Å². The Morgan fingerprint density at radius 1 is 1.70 bits per heavy atom. The smallest absolute Gasteiger partial charge is 0.303 e. The number of rotatable bonds is 4. The van der Waals surface area contributed by atoms with Gasteiger partial charge in [0, 0.05) is 5.88 Å². The van der Waals surface area contributed by atoms with Gasteiger partial charge in [0.1, 0.15) is 0 Å². The van der Waals surface area contributed by atoms with E-state index in [0.29, 0.717) is 5.88 Å². The van der Waals surface area contributed by atoms with Crippen molar-refractivity contribution >= 4 is 19.4 Å². The average Bonchev–Trinajstić information content (AvgIpc) is 1.81. The van der Waals surface area contributed by atoms with Gasteiger partial charge in [-0.05, 0) is 5.92 Å². The maximum absolute atomic E-state index is 10.1. The molecule has 0 spiro atoms. The van der Waals surface area contributed by atoms with Crippen LogP contribution in [0.4, 0.5) is 0 Å². The first-order chi connectivity index (χ1) is 4.45. The second kappa shape index (κ2) is 4.31. The molecule has 0 amide bonds. The van der Waals surface area contributed by atoms with E-state index in [1.165, 1.54) is 0 Å². The zero-order chi connectivity index (χ0) is 8.20. The molecule has 0 radical (unpaired) electrons. The molecule has 62 valence electrons. The Morgan fingerprint density at radius 3 is 2.50 bits per heavy atom. The van der Waals surface area contributed by atoms with E-state index in [2.05, 4.69) is 4.52 Å². The minimum absolute atomic E-state index is 0.00617. The van der Waals surface area contributed by atoms with E-state index in [1.54, 1.807) is 6.92 Å². The van der Waals surface area contributed by atoms with Crippen LogP contribution in [0.5, 0.6) is 0 Å². The van der Waals surface area contributed by atoms with Crippen molar-refractivity contribution in [1.29, 1.82) is 0 Å². The summed E-state index contributed by atoms with van der Waals surface area (Å²) in [7, 11) is -4.29. The fraction of sp³-hybridized carbons (Fsp3) is 1.00. The summed E-state index contributed by atoms with van der Waals surface area (Å²) in [6.45, 7) is 1.73. The summed E-state index contributed by atoms with van der Waals surface area (Å²) in [5, 5.41) is 0. The molecule has 0 aromatic rings. The summed E-state index contributed by atoms with van der Waals surface area (Å²) in [5.41, 5.74) is 0. The Kier molecular flexibility index (Phi) is 4.49. The van der Waals surface area contributed by atoms with Gasteiger partial charge in [-0.15, -0.1) is 11.6 Å². The van der Waals surface area contributed by atoms with E-state index in [0.717, 1.165) is 0 Å². The minimum Gasteiger partial charge on any atom is -0.303 e. The molecular weight excluding hydrogens is 178 g/mol. The van der Waals surface area contributed by atoms with E-state index >= 15 is 0 Å². The Bertz CT molecular complexity index is 133. The van der Waals surface area contributed by atoms with Crippen molar-refractivity contribution in [1.82, 2.24) is 0 Å². The molecule has 6 heteroatoms. The average molecular weight is 189 g/mol. The summed E-state index contributed by atoms with van der Waals surface area (Å²) < 4.78 is 14.2. The van der Waals surface area contributed by atoms with Gasteiger partial charge in [-0.25, -0.2) is 4.57 Å². The second-order valence-corrected chi connectivity index (χ2v) is 3.59. The van der Waals surface area contributed by atoms with Crippen molar-refractivity contribution < 1.29 is 18.9 Å². The first-order valence-corrected chi connectivity index (χ1v) is 4.78. The van der Waals surface area contributed by atoms with Gasteiger partial charge < -0.3 is 9.79 Å². The summed E-state index contributed by atoms with van der Waals surface area (Å²) in [4.78, 5) is 16.4. The summed E-state index contributed by atoms with van der Waals surface area (Å²) in [5.74, 6) is 0.300. The van der Waals surface area contributed by atoms with Gasteiger partial charge in [-0.1, -0.05) is 6.92 Å². The van der Waals surface area contributed by atoms with Crippen LogP contribution in [0.3, 0.4) is 0 Å². The zero-order valence-electron chi connectivity index (χ0n) is 5.53. The molecule has 0 fully saturated rings. The SMILES string of the molecule is CC(CCl)COP(=O)(O)O. The molecule has 0 saturated heterocycles. The standard InChI is InChI=1S/C4H10ClO4P/c1-4(2-5)3-9-10(6,7)8/h4H,2-3H2,1H3,(H2,6,7,8). The second-order valence-electron chi connectivity index (χ2n) is 2.05. The van der Waals surface area contributed by atoms with Crippen molar-refractivity contribution in [3.8, 4) is 0 Å². The molecule has 0 saturated carbocycles. The van der Waals surface area contributed by atoms with Crippen molar-refractivity contribution in [2.75, 3.05) is 12.5 Å². The maximum Gasteiger partial charge on any atom is 0.469 e. The summed E-state index contributed by atoms with van der Waals surface area (Å²) in [6.07, 6.45) is 0. The third kappa shape index (κ3) is 6.52. The highest BCUT2D eigenvalue weighted by Gasteiger charge is 2.14. The van der Waals surface area contributed by atoms with Crippen molar-refractivity contribution in [3.05, 3.63) is 0 Å². The molecule has 1 atom stereocenters. The van der Waals surface area contributed by atoms with E-state index in [9.17, 15) is 4.57 Å². The normalized spacial score (nSPS) is 15.2. The highest BCUT2D eigenvalue weighted by molar-refractivity contribution is 7.46. The van der Waals surface area contributed by atoms with Crippen molar-refractivity contribution in [2.45, 2.75) is 6.92 Å². The predicted octanol–water partition coefficient (Wildman–Crippen LogP) is 0.971. The molecule has 0 heterocycles. The fourth-order valence-corrected chi connectivity index (χ4v) is 0.807. The van der Waals surface area contributed by atoms with Gasteiger partial charge in [0.2, 0.25) is 0 Å². The van der Waals surface area contributed by atoms with Gasteiger partial charge in [0.15, 0.2) is 0 Å².